The highest BCUT2D eigenvalue weighted by atomic mass is 16.3. The Morgan fingerprint density at radius 3 is 2.18 bits per heavy atom. The van der Waals surface area contributed by atoms with E-state index in [9.17, 15) is 5.11 Å². The van der Waals surface area contributed by atoms with E-state index < -0.39 is 0 Å². The van der Waals surface area contributed by atoms with Gasteiger partial charge in [-0.25, -0.2) is 0 Å². The van der Waals surface area contributed by atoms with Crippen molar-refractivity contribution in [3.05, 3.63) is 0 Å². The van der Waals surface area contributed by atoms with E-state index in [0.717, 1.165) is 12.8 Å². The van der Waals surface area contributed by atoms with Gasteiger partial charge in [0.2, 0.25) is 0 Å². The standard InChI is InChI=1S/C15H29NO/c1-2-3-4-5-6-7-10-16-13-8-9-14(16)12-15(17)11-13/h13-15,17H,2-12H2,1H3. The van der Waals surface area contributed by atoms with Crippen molar-refractivity contribution in [1.29, 1.82) is 0 Å². The lowest BCUT2D eigenvalue weighted by atomic mass is 9.99. The van der Waals surface area contributed by atoms with Gasteiger partial charge < -0.3 is 5.11 Å². The van der Waals surface area contributed by atoms with Gasteiger partial charge in [0.1, 0.15) is 0 Å². The Bertz CT molecular complexity index is 205. The predicted octanol–water partition coefficient (Wildman–Crippen LogP) is 3.33. The van der Waals surface area contributed by atoms with Crippen LogP contribution in [-0.2, 0) is 0 Å². The van der Waals surface area contributed by atoms with E-state index in [1.54, 1.807) is 0 Å². The van der Waals surface area contributed by atoms with Crippen LogP contribution in [0.5, 0.6) is 0 Å². The van der Waals surface area contributed by atoms with E-state index in [0.29, 0.717) is 12.1 Å². The Hall–Kier alpha value is -0.0800. The lowest BCUT2D eigenvalue weighted by molar-refractivity contribution is 0.0346. The van der Waals surface area contributed by atoms with Gasteiger partial charge in [0.25, 0.3) is 0 Å². The Morgan fingerprint density at radius 2 is 1.53 bits per heavy atom. The quantitative estimate of drug-likeness (QED) is 0.689. The number of unbranched alkanes of at least 4 members (excludes halogenated alkanes) is 5. The molecular weight excluding hydrogens is 210 g/mol. The molecule has 0 aromatic heterocycles. The number of hydrogen-bond acceptors (Lipinski definition) is 2. The maximum atomic E-state index is 9.75. The fraction of sp³-hybridized carbons (Fsp3) is 1.00. The lowest BCUT2D eigenvalue weighted by Gasteiger charge is -2.37. The third-order valence-electron chi connectivity index (χ3n) is 4.63. The first-order valence-corrected chi connectivity index (χ1v) is 7.75. The number of aliphatic hydroxyl groups is 1. The Morgan fingerprint density at radius 1 is 0.941 bits per heavy atom. The summed E-state index contributed by atoms with van der Waals surface area (Å²) in [7, 11) is 0. The molecule has 2 bridgehead atoms. The molecule has 2 aliphatic rings. The third kappa shape index (κ3) is 3.69. The smallest absolute Gasteiger partial charge is 0.0570 e. The highest BCUT2D eigenvalue weighted by molar-refractivity contribution is 4.94. The maximum absolute atomic E-state index is 9.75. The molecule has 0 spiro atoms. The van der Waals surface area contributed by atoms with Crippen LogP contribution >= 0.6 is 0 Å². The zero-order valence-electron chi connectivity index (χ0n) is 11.4. The molecule has 0 aromatic carbocycles. The molecule has 2 heterocycles. The zero-order chi connectivity index (χ0) is 12.1. The number of fused-ring (bicyclic) bond motifs is 2. The zero-order valence-corrected chi connectivity index (χ0v) is 11.4. The van der Waals surface area contributed by atoms with Crippen molar-refractivity contribution in [2.24, 2.45) is 0 Å². The normalized spacial score (nSPS) is 33.2. The largest absolute Gasteiger partial charge is 0.393 e. The molecule has 2 unspecified atom stereocenters. The van der Waals surface area contributed by atoms with E-state index in [1.165, 1.54) is 57.9 Å². The fourth-order valence-corrected chi connectivity index (χ4v) is 3.69. The van der Waals surface area contributed by atoms with Gasteiger partial charge >= 0.3 is 0 Å². The molecule has 0 saturated carbocycles. The molecule has 0 aromatic rings. The molecule has 0 amide bonds. The molecular formula is C15H29NO. The van der Waals surface area contributed by atoms with Gasteiger partial charge in [-0.1, -0.05) is 39.0 Å². The molecule has 2 heteroatoms. The van der Waals surface area contributed by atoms with Crippen LogP contribution in [0.2, 0.25) is 0 Å². The average Bonchev–Trinajstić information content (AvgIpc) is 2.56. The summed E-state index contributed by atoms with van der Waals surface area (Å²) in [6.07, 6.45) is 13.1. The monoisotopic (exact) mass is 239 g/mol. The van der Waals surface area contributed by atoms with Crippen molar-refractivity contribution in [2.75, 3.05) is 6.54 Å². The van der Waals surface area contributed by atoms with Crippen LogP contribution in [-0.4, -0.2) is 34.7 Å². The van der Waals surface area contributed by atoms with E-state index >= 15 is 0 Å². The van der Waals surface area contributed by atoms with Crippen molar-refractivity contribution in [2.45, 2.75) is 89.3 Å². The van der Waals surface area contributed by atoms with Gasteiger partial charge in [0, 0.05) is 12.1 Å². The second-order valence-corrected chi connectivity index (χ2v) is 6.02. The van der Waals surface area contributed by atoms with Crippen molar-refractivity contribution in [1.82, 2.24) is 4.90 Å². The van der Waals surface area contributed by atoms with Crippen LogP contribution < -0.4 is 0 Å². The van der Waals surface area contributed by atoms with Crippen LogP contribution in [0.1, 0.15) is 71.1 Å². The number of aliphatic hydroxyl groups excluding tert-OH is 1. The van der Waals surface area contributed by atoms with E-state index in [1.807, 2.05) is 0 Å². The first-order chi connectivity index (χ1) is 8.31. The third-order valence-corrected chi connectivity index (χ3v) is 4.63. The van der Waals surface area contributed by atoms with E-state index in [4.69, 9.17) is 0 Å². The molecule has 2 atom stereocenters. The summed E-state index contributed by atoms with van der Waals surface area (Å²) in [4.78, 5) is 2.70. The predicted molar refractivity (Wildman–Crippen MR) is 72.1 cm³/mol. The van der Waals surface area contributed by atoms with Gasteiger partial charge in [-0.15, -0.1) is 0 Å². The minimum absolute atomic E-state index is 0.00620. The summed E-state index contributed by atoms with van der Waals surface area (Å²) in [6.45, 7) is 3.56. The Labute approximate surface area is 106 Å². The Kier molecular flexibility index (Phi) is 5.30. The van der Waals surface area contributed by atoms with Crippen LogP contribution in [0, 0.1) is 0 Å². The van der Waals surface area contributed by atoms with Crippen LogP contribution in [0.15, 0.2) is 0 Å². The first-order valence-electron chi connectivity index (χ1n) is 7.75. The number of hydrogen-bond donors (Lipinski definition) is 1. The molecule has 1 N–H and O–H groups in total. The second kappa shape index (κ2) is 6.75. The SMILES string of the molecule is CCCCCCCCN1C2CCC1CC(O)C2. The van der Waals surface area contributed by atoms with Crippen molar-refractivity contribution in [3.8, 4) is 0 Å². The number of piperidine rings is 1. The van der Waals surface area contributed by atoms with E-state index in [2.05, 4.69) is 11.8 Å². The van der Waals surface area contributed by atoms with Gasteiger partial charge in [-0.3, -0.25) is 4.90 Å². The number of nitrogens with zero attached hydrogens (tertiary/aromatic N) is 1. The highest BCUT2D eigenvalue weighted by Crippen LogP contribution is 2.35. The fourth-order valence-electron chi connectivity index (χ4n) is 3.69. The minimum Gasteiger partial charge on any atom is -0.393 e. The molecule has 0 radical (unpaired) electrons. The summed E-state index contributed by atoms with van der Waals surface area (Å²) < 4.78 is 0. The molecule has 2 saturated heterocycles. The van der Waals surface area contributed by atoms with Crippen LogP contribution in [0.4, 0.5) is 0 Å². The first kappa shape index (κ1) is 13.4. The summed E-state index contributed by atoms with van der Waals surface area (Å²) >= 11 is 0. The van der Waals surface area contributed by atoms with Gasteiger partial charge in [-0.05, 0) is 38.6 Å². The molecule has 17 heavy (non-hydrogen) atoms. The molecule has 2 aliphatic heterocycles. The van der Waals surface area contributed by atoms with Gasteiger partial charge in [-0.2, -0.15) is 0 Å². The van der Waals surface area contributed by atoms with E-state index in [-0.39, 0.29) is 6.10 Å². The highest BCUT2D eigenvalue weighted by Gasteiger charge is 2.39. The number of rotatable bonds is 7. The van der Waals surface area contributed by atoms with Crippen molar-refractivity contribution in [3.63, 3.8) is 0 Å². The Balaban J connectivity index is 1.60. The van der Waals surface area contributed by atoms with Gasteiger partial charge in [0.15, 0.2) is 0 Å². The summed E-state index contributed by atoms with van der Waals surface area (Å²) in [5.41, 5.74) is 0. The second-order valence-electron chi connectivity index (χ2n) is 6.02. The van der Waals surface area contributed by atoms with Crippen molar-refractivity contribution >= 4 is 0 Å². The average molecular weight is 239 g/mol. The summed E-state index contributed by atoms with van der Waals surface area (Å²) in [6, 6.07) is 1.42. The van der Waals surface area contributed by atoms with Gasteiger partial charge in [0.05, 0.1) is 6.10 Å². The summed E-state index contributed by atoms with van der Waals surface area (Å²) in [5.74, 6) is 0. The molecule has 100 valence electrons. The molecule has 0 aliphatic carbocycles. The van der Waals surface area contributed by atoms with Crippen LogP contribution in [0.3, 0.4) is 0 Å². The topological polar surface area (TPSA) is 23.5 Å². The minimum atomic E-state index is -0.00620. The molecule has 2 fully saturated rings. The summed E-state index contributed by atoms with van der Waals surface area (Å²) in [5, 5.41) is 9.75. The van der Waals surface area contributed by atoms with Crippen molar-refractivity contribution < 1.29 is 5.11 Å². The molecule has 2 nitrogen and oxygen atoms in total. The molecule has 2 rings (SSSR count). The maximum Gasteiger partial charge on any atom is 0.0570 e. The van der Waals surface area contributed by atoms with Crippen LogP contribution in [0.25, 0.3) is 0 Å². The lowest BCUT2D eigenvalue weighted by Crippen LogP contribution is -2.44.